The lowest BCUT2D eigenvalue weighted by Crippen LogP contribution is -2.08. The molecule has 0 bridgehead atoms. The highest BCUT2D eigenvalue weighted by Gasteiger charge is 2.15. The third-order valence-electron chi connectivity index (χ3n) is 2.00. The molecule has 1 aromatic rings. The van der Waals surface area contributed by atoms with E-state index >= 15 is 0 Å². The maximum absolute atomic E-state index is 11.5. The van der Waals surface area contributed by atoms with E-state index in [0.717, 1.165) is 6.07 Å². The summed E-state index contributed by atoms with van der Waals surface area (Å²) in [6, 6.07) is 4.18. The van der Waals surface area contributed by atoms with Crippen molar-refractivity contribution in [3.05, 3.63) is 28.8 Å². The largest absolute Gasteiger partial charge is 0.508 e. The Hall–Kier alpha value is -2.06. The lowest BCUT2D eigenvalue weighted by Gasteiger charge is -2.07. The van der Waals surface area contributed by atoms with E-state index in [0.29, 0.717) is 0 Å². The molecule has 0 aliphatic rings. The highest BCUT2D eigenvalue weighted by Crippen LogP contribution is 2.23. The average molecular weight is 221 g/mol. The van der Waals surface area contributed by atoms with Gasteiger partial charge in [0, 0.05) is 5.56 Å². The summed E-state index contributed by atoms with van der Waals surface area (Å²) >= 11 is 0. The van der Waals surface area contributed by atoms with E-state index < -0.39 is 12.6 Å². The number of hydrogen-bond acceptors (Lipinski definition) is 5. The Labute approximate surface area is 92.5 Å². The molecule has 84 valence electrons. The van der Waals surface area contributed by atoms with Crippen molar-refractivity contribution in [2.24, 2.45) is 0 Å². The van der Waals surface area contributed by atoms with Gasteiger partial charge < -0.3 is 14.9 Å². The first kappa shape index (κ1) is 12.0. The van der Waals surface area contributed by atoms with Gasteiger partial charge in [-0.1, -0.05) is 0 Å². The number of hydrogen-bond donors (Lipinski definition) is 2. The van der Waals surface area contributed by atoms with Crippen molar-refractivity contribution in [1.29, 1.82) is 5.26 Å². The van der Waals surface area contributed by atoms with Crippen molar-refractivity contribution in [3.8, 4) is 11.8 Å². The van der Waals surface area contributed by atoms with Crippen molar-refractivity contribution in [2.75, 3.05) is 6.61 Å². The zero-order valence-electron chi connectivity index (χ0n) is 8.73. The van der Waals surface area contributed by atoms with Gasteiger partial charge in [-0.05, 0) is 19.1 Å². The Morgan fingerprint density at radius 3 is 2.75 bits per heavy atom. The molecule has 0 aromatic heterocycles. The van der Waals surface area contributed by atoms with Gasteiger partial charge in [-0.2, -0.15) is 5.26 Å². The summed E-state index contributed by atoms with van der Waals surface area (Å²) in [5, 5.41) is 27.1. The Bertz CT molecular complexity index is 448. The Morgan fingerprint density at radius 2 is 2.25 bits per heavy atom. The Kier molecular flexibility index (Phi) is 3.86. The fraction of sp³-hybridized carbons (Fsp3) is 0.273. The molecule has 0 amide bonds. The maximum Gasteiger partial charge on any atom is 0.339 e. The smallest absolute Gasteiger partial charge is 0.339 e. The zero-order chi connectivity index (χ0) is 12.1. The zero-order valence-corrected chi connectivity index (χ0v) is 8.73. The average Bonchev–Trinajstić information content (AvgIpc) is 2.28. The monoisotopic (exact) mass is 221 g/mol. The lowest BCUT2D eigenvalue weighted by molar-refractivity contribution is 0.0526. The van der Waals surface area contributed by atoms with Crippen LogP contribution in [-0.2, 0) is 11.3 Å². The van der Waals surface area contributed by atoms with E-state index in [4.69, 9.17) is 15.1 Å². The minimum absolute atomic E-state index is 0.0214. The van der Waals surface area contributed by atoms with E-state index in [1.807, 2.05) is 0 Å². The molecular formula is C11H11NO4. The first-order valence-electron chi connectivity index (χ1n) is 4.68. The van der Waals surface area contributed by atoms with E-state index in [1.165, 1.54) is 6.07 Å². The number of nitrogens with zero attached hydrogens (tertiary/aromatic N) is 1. The van der Waals surface area contributed by atoms with Crippen LogP contribution in [0.15, 0.2) is 12.1 Å². The molecule has 0 saturated heterocycles. The van der Waals surface area contributed by atoms with Crippen molar-refractivity contribution in [1.82, 2.24) is 0 Å². The van der Waals surface area contributed by atoms with E-state index in [-0.39, 0.29) is 29.0 Å². The molecule has 0 spiro atoms. The van der Waals surface area contributed by atoms with Crippen LogP contribution in [0.2, 0.25) is 0 Å². The third kappa shape index (κ3) is 2.30. The molecule has 0 heterocycles. The van der Waals surface area contributed by atoms with Crippen LogP contribution < -0.4 is 0 Å². The summed E-state index contributed by atoms with van der Waals surface area (Å²) in [5.74, 6) is -0.860. The number of rotatable bonds is 3. The molecule has 0 fully saturated rings. The standard InChI is InChI=1S/C11H11NO4/c1-2-16-11(15)9-3-8(6-13)10(14)4-7(9)5-12/h3-4,13-14H,2,6H2,1H3. The molecule has 0 aliphatic carbocycles. The van der Waals surface area contributed by atoms with Gasteiger partial charge in [0.05, 0.1) is 24.3 Å². The molecule has 2 N–H and O–H groups in total. The second-order valence-electron chi connectivity index (χ2n) is 3.02. The second kappa shape index (κ2) is 5.14. The third-order valence-corrected chi connectivity index (χ3v) is 2.00. The summed E-state index contributed by atoms with van der Waals surface area (Å²) in [5.41, 5.74) is 0.251. The van der Waals surface area contributed by atoms with Gasteiger partial charge in [-0.15, -0.1) is 0 Å². The van der Waals surface area contributed by atoms with Crippen LogP contribution in [0.1, 0.15) is 28.4 Å². The van der Waals surface area contributed by atoms with Gasteiger partial charge in [0.2, 0.25) is 0 Å². The molecule has 0 unspecified atom stereocenters. The summed E-state index contributed by atoms with van der Waals surface area (Å²) < 4.78 is 4.76. The molecule has 1 aromatic carbocycles. The lowest BCUT2D eigenvalue weighted by atomic mass is 10.0. The number of esters is 1. The summed E-state index contributed by atoms with van der Waals surface area (Å²) in [6.45, 7) is 1.43. The quantitative estimate of drug-likeness (QED) is 0.741. The number of aliphatic hydroxyl groups is 1. The second-order valence-corrected chi connectivity index (χ2v) is 3.02. The molecule has 5 heteroatoms. The van der Waals surface area contributed by atoms with Gasteiger partial charge in [-0.3, -0.25) is 0 Å². The van der Waals surface area contributed by atoms with Crippen molar-refractivity contribution in [3.63, 3.8) is 0 Å². The number of carbonyl (C=O) groups is 1. The fourth-order valence-corrected chi connectivity index (χ4v) is 1.23. The van der Waals surface area contributed by atoms with Crippen LogP contribution in [0, 0.1) is 11.3 Å². The van der Waals surface area contributed by atoms with E-state index in [9.17, 15) is 9.90 Å². The molecular weight excluding hydrogens is 210 g/mol. The predicted octanol–water partition coefficient (Wildman–Crippen LogP) is 0.933. The van der Waals surface area contributed by atoms with Crippen LogP contribution in [0.5, 0.6) is 5.75 Å². The highest BCUT2D eigenvalue weighted by molar-refractivity contribution is 5.92. The van der Waals surface area contributed by atoms with Gasteiger partial charge in [-0.25, -0.2) is 4.79 Å². The Balaban J connectivity index is 3.26. The number of phenols is 1. The number of benzene rings is 1. The number of ether oxygens (including phenoxy) is 1. The topological polar surface area (TPSA) is 90.6 Å². The van der Waals surface area contributed by atoms with E-state index in [2.05, 4.69) is 0 Å². The van der Waals surface area contributed by atoms with Crippen molar-refractivity contribution < 1.29 is 19.7 Å². The number of carbonyl (C=O) groups excluding carboxylic acids is 1. The number of aliphatic hydroxyl groups excluding tert-OH is 1. The first-order chi connectivity index (χ1) is 7.63. The molecule has 0 atom stereocenters. The SMILES string of the molecule is CCOC(=O)c1cc(CO)c(O)cc1C#N. The number of aromatic hydroxyl groups is 1. The van der Waals surface area contributed by atoms with Gasteiger partial charge in [0.1, 0.15) is 11.8 Å². The summed E-state index contributed by atoms with van der Waals surface area (Å²) in [4.78, 5) is 11.5. The summed E-state index contributed by atoms with van der Waals surface area (Å²) in [7, 11) is 0. The molecule has 0 radical (unpaired) electrons. The molecule has 5 nitrogen and oxygen atoms in total. The van der Waals surface area contributed by atoms with Gasteiger partial charge in [0.15, 0.2) is 0 Å². The van der Waals surface area contributed by atoms with Crippen LogP contribution in [0.4, 0.5) is 0 Å². The number of nitriles is 1. The first-order valence-corrected chi connectivity index (χ1v) is 4.68. The molecule has 16 heavy (non-hydrogen) atoms. The molecule has 0 aliphatic heterocycles. The Morgan fingerprint density at radius 1 is 1.56 bits per heavy atom. The maximum atomic E-state index is 11.5. The van der Waals surface area contributed by atoms with Crippen molar-refractivity contribution in [2.45, 2.75) is 13.5 Å². The van der Waals surface area contributed by atoms with Crippen molar-refractivity contribution >= 4 is 5.97 Å². The van der Waals surface area contributed by atoms with Crippen LogP contribution in [0.25, 0.3) is 0 Å². The highest BCUT2D eigenvalue weighted by atomic mass is 16.5. The van der Waals surface area contributed by atoms with Gasteiger partial charge in [0.25, 0.3) is 0 Å². The summed E-state index contributed by atoms with van der Waals surface area (Å²) in [6.07, 6.45) is 0. The molecule has 1 rings (SSSR count). The van der Waals surface area contributed by atoms with Gasteiger partial charge >= 0.3 is 5.97 Å². The normalized spacial score (nSPS) is 9.56. The van der Waals surface area contributed by atoms with E-state index in [1.54, 1.807) is 13.0 Å². The van der Waals surface area contributed by atoms with Crippen LogP contribution in [-0.4, -0.2) is 22.8 Å². The van der Waals surface area contributed by atoms with Crippen LogP contribution in [0.3, 0.4) is 0 Å². The molecule has 0 saturated carbocycles. The minimum Gasteiger partial charge on any atom is -0.508 e. The minimum atomic E-state index is -0.645. The van der Waals surface area contributed by atoms with Crippen LogP contribution >= 0.6 is 0 Å². The fourth-order valence-electron chi connectivity index (χ4n) is 1.23. The predicted molar refractivity (Wildman–Crippen MR) is 54.7 cm³/mol.